The van der Waals surface area contributed by atoms with Crippen LogP contribution in [0.4, 0.5) is 4.79 Å². The fourth-order valence-electron chi connectivity index (χ4n) is 4.89. The molecular formula is C25H43NO6. The second-order valence-corrected chi connectivity index (χ2v) is 9.59. The van der Waals surface area contributed by atoms with Crippen LogP contribution in [0, 0.1) is 17.8 Å². The van der Waals surface area contributed by atoms with Crippen LogP contribution in [0.2, 0.25) is 0 Å². The van der Waals surface area contributed by atoms with Crippen molar-refractivity contribution in [2.75, 3.05) is 6.54 Å². The summed E-state index contributed by atoms with van der Waals surface area (Å²) in [6, 6.07) is 0. The summed E-state index contributed by atoms with van der Waals surface area (Å²) in [5.41, 5.74) is 0. The third-order valence-electron chi connectivity index (χ3n) is 6.96. The van der Waals surface area contributed by atoms with Crippen molar-refractivity contribution in [2.45, 2.75) is 116 Å². The highest BCUT2D eigenvalue weighted by molar-refractivity contribution is 5.83. The van der Waals surface area contributed by atoms with Gasteiger partial charge < -0.3 is 19.9 Å². The molecule has 0 aromatic heterocycles. The Bertz CT molecular complexity index is 581. The average Bonchev–Trinajstić information content (AvgIpc) is 2.80. The second kappa shape index (κ2) is 14.5. The van der Waals surface area contributed by atoms with E-state index in [4.69, 9.17) is 14.6 Å². The lowest BCUT2D eigenvalue weighted by molar-refractivity contribution is -0.180. The minimum Gasteiger partial charge on any atom is -0.481 e. The molecule has 2 rings (SSSR count). The topological polar surface area (TPSA) is 102 Å². The highest BCUT2D eigenvalue weighted by Gasteiger charge is 2.33. The number of amides is 1. The SMILES string of the molecule is CCCCC(OC(OC(=O)NCC1CCC(C(=O)O)CC1)C1CCCCC1)C(=O)CCC. The fourth-order valence-corrected chi connectivity index (χ4v) is 4.89. The smallest absolute Gasteiger partial charge is 0.409 e. The minimum absolute atomic E-state index is 0.0981. The van der Waals surface area contributed by atoms with E-state index in [0.29, 0.717) is 32.2 Å². The van der Waals surface area contributed by atoms with Gasteiger partial charge in [-0.25, -0.2) is 4.79 Å². The second-order valence-electron chi connectivity index (χ2n) is 9.59. The zero-order valence-corrected chi connectivity index (χ0v) is 20.0. The number of unbranched alkanes of at least 4 members (excludes halogenated alkanes) is 1. The van der Waals surface area contributed by atoms with Crippen molar-refractivity contribution < 1.29 is 29.0 Å². The Balaban J connectivity index is 1.91. The molecule has 2 saturated carbocycles. The van der Waals surface area contributed by atoms with Gasteiger partial charge in [0.15, 0.2) is 5.78 Å². The number of rotatable bonds is 13. The van der Waals surface area contributed by atoms with E-state index in [1.807, 2.05) is 6.92 Å². The third kappa shape index (κ3) is 9.08. The van der Waals surface area contributed by atoms with Crippen molar-refractivity contribution in [1.82, 2.24) is 5.32 Å². The molecule has 0 spiro atoms. The number of alkyl carbamates (subject to hydrolysis) is 1. The summed E-state index contributed by atoms with van der Waals surface area (Å²) in [6.45, 7) is 4.56. The molecule has 0 aromatic rings. The normalized spacial score (nSPS) is 23.8. The minimum atomic E-state index is -0.724. The van der Waals surface area contributed by atoms with Crippen LogP contribution < -0.4 is 5.32 Å². The molecule has 0 radical (unpaired) electrons. The lowest BCUT2D eigenvalue weighted by Gasteiger charge is -2.32. The molecule has 2 N–H and O–H groups in total. The van der Waals surface area contributed by atoms with Crippen LogP contribution in [0.1, 0.15) is 104 Å². The van der Waals surface area contributed by atoms with Crippen LogP contribution in [-0.2, 0) is 19.1 Å². The van der Waals surface area contributed by atoms with Crippen LogP contribution in [0.25, 0.3) is 0 Å². The first-order valence-electron chi connectivity index (χ1n) is 12.8. The summed E-state index contributed by atoms with van der Waals surface area (Å²) in [4.78, 5) is 36.4. The van der Waals surface area contributed by atoms with E-state index in [0.717, 1.165) is 57.8 Å². The van der Waals surface area contributed by atoms with Crippen molar-refractivity contribution in [1.29, 1.82) is 0 Å². The van der Waals surface area contributed by atoms with Crippen molar-refractivity contribution in [3.8, 4) is 0 Å². The number of nitrogens with one attached hydrogen (secondary N) is 1. The number of Topliss-reactive ketones (excluding diaryl/α,β-unsaturated/α-hetero) is 1. The van der Waals surface area contributed by atoms with Gasteiger partial charge in [0, 0.05) is 18.9 Å². The summed E-state index contributed by atoms with van der Waals surface area (Å²) in [6.07, 6.45) is 10.3. The molecule has 0 bridgehead atoms. The Kier molecular flexibility index (Phi) is 12.1. The lowest BCUT2D eigenvalue weighted by Crippen LogP contribution is -2.41. The van der Waals surface area contributed by atoms with Crippen LogP contribution >= 0.6 is 0 Å². The number of carboxylic acid groups (broad SMARTS) is 1. The standard InChI is InChI=1S/C25H43NO6/c1-3-5-12-22(21(27)9-4-2)31-24(20-10-7-6-8-11-20)32-25(30)26-17-18-13-15-19(16-14-18)23(28)29/h18-20,22,24H,3-17H2,1-2H3,(H,26,30)(H,28,29). The predicted molar refractivity (Wildman–Crippen MR) is 122 cm³/mol. The quantitative estimate of drug-likeness (QED) is 0.359. The number of aliphatic carboxylic acids is 1. The average molecular weight is 454 g/mol. The van der Waals surface area contributed by atoms with Crippen molar-refractivity contribution in [3.05, 3.63) is 0 Å². The van der Waals surface area contributed by atoms with E-state index in [-0.39, 0.29) is 23.5 Å². The van der Waals surface area contributed by atoms with Gasteiger partial charge >= 0.3 is 12.1 Å². The molecule has 2 fully saturated rings. The third-order valence-corrected chi connectivity index (χ3v) is 6.96. The van der Waals surface area contributed by atoms with Crippen LogP contribution in [0.5, 0.6) is 0 Å². The molecule has 1 amide bonds. The molecule has 2 aliphatic rings. The first-order chi connectivity index (χ1) is 15.4. The molecule has 32 heavy (non-hydrogen) atoms. The highest BCUT2D eigenvalue weighted by atomic mass is 16.7. The maximum absolute atomic E-state index is 12.6. The number of carbonyl (C=O) groups excluding carboxylic acids is 2. The van der Waals surface area contributed by atoms with E-state index in [9.17, 15) is 14.4 Å². The Hall–Kier alpha value is -1.63. The zero-order chi connectivity index (χ0) is 23.3. The molecule has 7 heteroatoms. The fraction of sp³-hybridized carbons (Fsp3) is 0.880. The summed E-state index contributed by atoms with van der Waals surface area (Å²) >= 11 is 0. The summed E-state index contributed by atoms with van der Waals surface area (Å²) in [7, 11) is 0. The summed E-state index contributed by atoms with van der Waals surface area (Å²) in [5, 5.41) is 12.0. The summed E-state index contributed by atoms with van der Waals surface area (Å²) in [5.74, 6) is -0.489. The largest absolute Gasteiger partial charge is 0.481 e. The van der Waals surface area contributed by atoms with Crippen molar-refractivity contribution in [3.63, 3.8) is 0 Å². The number of ether oxygens (including phenoxy) is 2. The number of carbonyl (C=O) groups is 3. The number of ketones is 1. The molecule has 2 aliphatic carbocycles. The molecular weight excluding hydrogens is 410 g/mol. The molecule has 2 atom stereocenters. The molecule has 0 aromatic carbocycles. The van der Waals surface area contributed by atoms with Crippen molar-refractivity contribution in [2.24, 2.45) is 17.8 Å². The van der Waals surface area contributed by atoms with Gasteiger partial charge in [0.25, 0.3) is 0 Å². The highest BCUT2D eigenvalue weighted by Crippen LogP contribution is 2.31. The van der Waals surface area contributed by atoms with Gasteiger partial charge in [-0.2, -0.15) is 0 Å². The van der Waals surface area contributed by atoms with Crippen LogP contribution in [0.15, 0.2) is 0 Å². The van der Waals surface area contributed by atoms with Gasteiger partial charge in [-0.1, -0.05) is 46.0 Å². The Morgan fingerprint density at radius 2 is 1.66 bits per heavy atom. The van der Waals surface area contributed by atoms with Gasteiger partial charge in [0.1, 0.15) is 6.10 Å². The van der Waals surface area contributed by atoms with Gasteiger partial charge in [-0.05, 0) is 57.3 Å². The predicted octanol–water partition coefficient (Wildman–Crippen LogP) is 5.45. The molecule has 0 aliphatic heterocycles. The molecule has 2 unspecified atom stereocenters. The first kappa shape index (κ1) is 26.6. The Labute approximate surface area is 193 Å². The Morgan fingerprint density at radius 3 is 2.25 bits per heavy atom. The molecule has 7 nitrogen and oxygen atoms in total. The summed E-state index contributed by atoms with van der Waals surface area (Å²) < 4.78 is 12.0. The van der Waals surface area contributed by atoms with E-state index in [1.54, 1.807) is 0 Å². The Morgan fingerprint density at radius 1 is 0.969 bits per heavy atom. The van der Waals surface area contributed by atoms with Gasteiger partial charge in [0.2, 0.25) is 6.29 Å². The molecule has 0 saturated heterocycles. The first-order valence-corrected chi connectivity index (χ1v) is 12.8. The monoisotopic (exact) mass is 453 g/mol. The van der Waals surface area contributed by atoms with Gasteiger partial charge in [0.05, 0.1) is 5.92 Å². The van der Waals surface area contributed by atoms with E-state index < -0.39 is 24.5 Å². The zero-order valence-electron chi connectivity index (χ0n) is 20.0. The molecule has 184 valence electrons. The van der Waals surface area contributed by atoms with E-state index >= 15 is 0 Å². The maximum Gasteiger partial charge on any atom is 0.409 e. The number of carboxylic acids is 1. The number of hydrogen-bond acceptors (Lipinski definition) is 5. The van der Waals surface area contributed by atoms with Crippen LogP contribution in [-0.4, -0.2) is 41.9 Å². The molecule has 0 heterocycles. The number of hydrogen-bond donors (Lipinski definition) is 2. The van der Waals surface area contributed by atoms with E-state index in [2.05, 4.69) is 12.2 Å². The maximum atomic E-state index is 12.6. The van der Waals surface area contributed by atoms with Crippen molar-refractivity contribution >= 4 is 17.8 Å². The van der Waals surface area contributed by atoms with Gasteiger partial charge in [-0.15, -0.1) is 0 Å². The van der Waals surface area contributed by atoms with Gasteiger partial charge in [-0.3, -0.25) is 9.59 Å². The van der Waals surface area contributed by atoms with E-state index in [1.165, 1.54) is 6.42 Å². The lowest BCUT2D eigenvalue weighted by atomic mass is 9.82. The van der Waals surface area contributed by atoms with Crippen LogP contribution in [0.3, 0.4) is 0 Å².